The van der Waals surface area contributed by atoms with Crippen molar-refractivity contribution >= 4 is 65.4 Å². The van der Waals surface area contributed by atoms with Crippen LogP contribution >= 0.6 is 21.6 Å². The Labute approximate surface area is 229 Å². The van der Waals surface area contributed by atoms with E-state index in [0.29, 0.717) is 0 Å². The van der Waals surface area contributed by atoms with Crippen molar-refractivity contribution < 1.29 is 16.8 Å². The topological polar surface area (TPSA) is 145 Å². The van der Waals surface area contributed by atoms with Gasteiger partial charge in [0.2, 0.25) is 20.0 Å². The standard InChI is InChI=1S/C26H22N4O4S4/c27-37(31,32)25-13-1-19(2-14-25)17-29-21-5-9-23(10-6-21)35-36-24-11-7-22(8-12-24)30-18-20-3-15-26(16-4-20)38(28,33)34/h1-18H,(H2,27,31,32)(H2,28,33,34)/b29-17+,30-18+. The summed E-state index contributed by atoms with van der Waals surface area (Å²) in [7, 11) is -4.19. The number of primary sulfonamides is 2. The zero-order valence-electron chi connectivity index (χ0n) is 19.7. The van der Waals surface area contributed by atoms with Crippen LogP contribution < -0.4 is 10.3 Å². The average molecular weight is 583 g/mol. The predicted molar refractivity (Wildman–Crippen MR) is 155 cm³/mol. The molecule has 0 amide bonds. The normalized spacial score (nSPS) is 12.4. The van der Waals surface area contributed by atoms with Crippen molar-refractivity contribution in [2.24, 2.45) is 20.3 Å². The maximum atomic E-state index is 11.3. The fourth-order valence-electron chi connectivity index (χ4n) is 3.06. The van der Waals surface area contributed by atoms with Crippen molar-refractivity contribution in [2.75, 3.05) is 0 Å². The monoisotopic (exact) mass is 582 g/mol. The quantitative estimate of drug-likeness (QED) is 0.203. The van der Waals surface area contributed by atoms with E-state index in [-0.39, 0.29) is 9.79 Å². The minimum Gasteiger partial charge on any atom is -0.256 e. The van der Waals surface area contributed by atoms with E-state index in [9.17, 15) is 16.8 Å². The third-order valence-electron chi connectivity index (χ3n) is 5.05. The number of nitrogens with two attached hydrogens (primary N) is 2. The third kappa shape index (κ3) is 8.12. The van der Waals surface area contributed by atoms with E-state index in [2.05, 4.69) is 9.98 Å². The highest BCUT2D eigenvalue weighted by Crippen LogP contribution is 2.38. The molecule has 4 aromatic rings. The summed E-state index contributed by atoms with van der Waals surface area (Å²) in [4.78, 5) is 11.1. The zero-order valence-corrected chi connectivity index (χ0v) is 23.0. The second-order valence-electron chi connectivity index (χ2n) is 7.90. The Morgan fingerprint density at radius 3 is 1.11 bits per heavy atom. The average Bonchev–Trinajstić information content (AvgIpc) is 2.90. The van der Waals surface area contributed by atoms with Gasteiger partial charge in [0, 0.05) is 22.2 Å². The molecule has 0 spiro atoms. The van der Waals surface area contributed by atoms with Crippen molar-refractivity contribution in [1.82, 2.24) is 0 Å². The zero-order chi connectivity index (χ0) is 27.2. The molecule has 0 atom stereocenters. The number of rotatable bonds is 9. The molecular formula is C26H22N4O4S4. The first-order chi connectivity index (χ1) is 18.1. The number of sulfonamides is 2. The molecule has 0 aliphatic carbocycles. The SMILES string of the molecule is NS(=O)(=O)c1ccc(/C=N/c2ccc(SSc3ccc(/N=C/c4ccc(S(N)(=O)=O)cc4)cc3)cc2)cc1. The van der Waals surface area contributed by atoms with Crippen LogP contribution in [0.1, 0.15) is 11.1 Å². The van der Waals surface area contributed by atoms with Crippen molar-refractivity contribution in [3.63, 3.8) is 0 Å². The van der Waals surface area contributed by atoms with Gasteiger partial charge in [-0.1, -0.05) is 45.9 Å². The lowest BCUT2D eigenvalue weighted by Crippen LogP contribution is -2.11. The molecule has 0 unspecified atom stereocenters. The van der Waals surface area contributed by atoms with Gasteiger partial charge in [-0.15, -0.1) is 0 Å². The van der Waals surface area contributed by atoms with E-state index < -0.39 is 20.0 Å². The van der Waals surface area contributed by atoms with E-state index in [1.807, 2.05) is 48.5 Å². The minimum absolute atomic E-state index is 0.0611. The molecule has 4 N–H and O–H groups in total. The van der Waals surface area contributed by atoms with Crippen LogP contribution in [0.2, 0.25) is 0 Å². The molecule has 0 saturated heterocycles. The maximum Gasteiger partial charge on any atom is 0.238 e. The Morgan fingerprint density at radius 1 is 0.500 bits per heavy atom. The first kappa shape index (κ1) is 27.8. The Balaban J connectivity index is 1.29. The maximum absolute atomic E-state index is 11.3. The van der Waals surface area contributed by atoms with E-state index in [1.54, 1.807) is 58.3 Å². The van der Waals surface area contributed by atoms with Gasteiger partial charge in [-0.3, -0.25) is 9.98 Å². The predicted octanol–water partition coefficient (Wildman–Crippen LogP) is 5.28. The van der Waals surface area contributed by atoms with Crippen molar-refractivity contribution in [3.8, 4) is 0 Å². The molecule has 0 bridgehead atoms. The number of benzene rings is 4. The molecule has 0 aromatic heterocycles. The second kappa shape index (κ2) is 12.1. The summed E-state index contributed by atoms with van der Waals surface area (Å²) < 4.78 is 45.4. The van der Waals surface area contributed by atoms with Crippen LogP contribution in [0.15, 0.2) is 127 Å². The number of nitrogens with zero attached hydrogens (tertiary/aromatic N) is 2. The molecular weight excluding hydrogens is 561 g/mol. The summed E-state index contributed by atoms with van der Waals surface area (Å²) >= 11 is 0. The number of hydrogen-bond donors (Lipinski definition) is 2. The van der Waals surface area contributed by atoms with Gasteiger partial charge in [-0.05, 0) is 83.9 Å². The molecule has 0 heterocycles. The van der Waals surface area contributed by atoms with Gasteiger partial charge in [-0.2, -0.15) is 0 Å². The highest BCUT2D eigenvalue weighted by atomic mass is 33.1. The van der Waals surface area contributed by atoms with Crippen LogP contribution in [-0.2, 0) is 20.0 Å². The Kier molecular flexibility index (Phi) is 8.82. The minimum atomic E-state index is -3.71. The molecule has 0 saturated carbocycles. The molecule has 0 radical (unpaired) electrons. The lowest BCUT2D eigenvalue weighted by Gasteiger charge is -2.03. The first-order valence-electron chi connectivity index (χ1n) is 10.9. The molecule has 0 fully saturated rings. The summed E-state index contributed by atoms with van der Waals surface area (Å²) in [6, 6.07) is 27.9. The molecule has 38 heavy (non-hydrogen) atoms. The van der Waals surface area contributed by atoms with Crippen molar-refractivity contribution in [2.45, 2.75) is 19.6 Å². The van der Waals surface area contributed by atoms with Crippen LogP contribution in [-0.4, -0.2) is 29.3 Å². The van der Waals surface area contributed by atoms with Crippen LogP contribution in [0.3, 0.4) is 0 Å². The lowest BCUT2D eigenvalue weighted by molar-refractivity contribution is 0.596. The summed E-state index contributed by atoms with van der Waals surface area (Å²) in [5, 5.41) is 10.2. The van der Waals surface area contributed by atoms with Crippen LogP contribution in [0.4, 0.5) is 11.4 Å². The van der Waals surface area contributed by atoms with Gasteiger partial charge in [-0.25, -0.2) is 27.1 Å². The summed E-state index contributed by atoms with van der Waals surface area (Å²) in [5.41, 5.74) is 3.08. The van der Waals surface area contributed by atoms with Crippen LogP contribution in [0.25, 0.3) is 0 Å². The highest BCUT2D eigenvalue weighted by Gasteiger charge is 2.07. The van der Waals surface area contributed by atoms with Gasteiger partial charge in [0.25, 0.3) is 0 Å². The fraction of sp³-hybridized carbons (Fsp3) is 0. The molecule has 12 heteroatoms. The summed E-state index contributed by atoms with van der Waals surface area (Å²) in [6.45, 7) is 0. The second-order valence-corrected chi connectivity index (χ2v) is 13.3. The molecule has 4 rings (SSSR count). The van der Waals surface area contributed by atoms with Gasteiger partial charge in [0.15, 0.2) is 0 Å². The van der Waals surface area contributed by atoms with E-state index in [1.165, 1.54) is 24.3 Å². The van der Waals surface area contributed by atoms with Crippen LogP contribution in [0.5, 0.6) is 0 Å². The Morgan fingerprint density at radius 2 is 0.816 bits per heavy atom. The van der Waals surface area contributed by atoms with E-state index in [4.69, 9.17) is 10.3 Å². The molecule has 0 aliphatic rings. The number of aliphatic imine (C=N–C) groups is 2. The van der Waals surface area contributed by atoms with Crippen molar-refractivity contribution in [1.29, 1.82) is 0 Å². The molecule has 4 aromatic carbocycles. The van der Waals surface area contributed by atoms with E-state index >= 15 is 0 Å². The Bertz CT molecular complexity index is 1540. The fourth-order valence-corrected chi connectivity index (χ4v) is 6.02. The van der Waals surface area contributed by atoms with Gasteiger partial charge in [0.1, 0.15) is 0 Å². The smallest absolute Gasteiger partial charge is 0.238 e. The largest absolute Gasteiger partial charge is 0.256 e. The van der Waals surface area contributed by atoms with E-state index in [0.717, 1.165) is 32.3 Å². The van der Waals surface area contributed by atoms with Crippen LogP contribution in [0, 0.1) is 0 Å². The molecule has 0 aliphatic heterocycles. The Hall–Kier alpha value is -3.26. The summed E-state index contributed by atoms with van der Waals surface area (Å²) in [6.07, 6.45) is 3.32. The summed E-state index contributed by atoms with van der Waals surface area (Å²) in [5.74, 6) is 0. The van der Waals surface area contributed by atoms with Crippen molar-refractivity contribution in [3.05, 3.63) is 108 Å². The molecule has 194 valence electrons. The lowest BCUT2D eigenvalue weighted by atomic mass is 10.2. The first-order valence-corrected chi connectivity index (χ1v) is 16.2. The number of hydrogen-bond acceptors (Lipinski definition) is 8. The highest BCUT2D eigenvalue weighted by molar-refractivity contribution is 8.76. The van der Waals surface area contributed by atoms with Gasteiger partial charge >= 0.3 is 0 Å². The molecule has 8 nitrogen and oxygen atoms in total. The van der Waals surface area contributed by atoms with Gasteiger partial charge in [0.05, 0.1) is 21.2 Å². The third-order valence-corrected chi connectivity index (χ3v) is 9.33. The van der Waals surface area contributed by atoms with Gasteiger partial charge < -0.3 is 0 Å².